The van der Waals surface area contributed by atoms with Gasteiger partial charge in [-0.3, -0.25) is 0 Å². The van der Waals surface area contributed by atoms with Gasteiger partial charge in [-0.25, -0.2) is 9.97 Å². The van der Waals surface area contributed by atoms with Gasteiger partial charge in [-0.1, -0.05) is 12.1 Å². The van der Waals surface area contributed by atoms with Crippen LogP contribution in [-0.4, -0.2) is 60.4 Å². The first-order valence-corrected chi connectivity index (χ1v) is 12.0. The summed E-state index contributed by atoms with van der Waals surface area (Å²) in [4.78, 5) is 14.8. The highest BCUT2D eigenvalue weighted by Gasteiger charge is 2.19. The zero-order valence-electron chi connectivity index (χ0n) is 19.3. The van der Waals surface area contributed by atoms with E-state index in [-0.39, 0.29) is 6.10 Å². The van der Waals surface area contributed by atoms with Crippen LogP contribution < -0.4 is 15.0 Å². The lowest BCUT2D eigenvalue weighted by molar-refractivity contribution is 0.122. The minimum atomic E-state index is 0.0978. The fraction of sp³-hybridized carbons (Fsp3) is 0.296. The molecule has 8 heteroatoms. The maximum absolute atomic E-state index is 9.75. The van der Waals surface area contributed by atoms with Gasteiger partial charge in [0, 0.05) is 42.0 Å². The van der Waals surface area contributed by atoms with Crippen molar-refractivity contribution in [3.63, 3.8) is 0 Å². The van der Waals surface area contributed by atoms with Crippen molar-refractivity contribution < 1.29 is 9.47 Å². The molecular formula is C27H26N6O2. The Balaban J connectivity index is 1.30. The van der Waals surface area contributed by atoms with Gasteiger partial charge < -0.3 is 24.7 Å². The molecule has 0 saturated carbocycles. The standard InChI is InChI=1S/C27H26N6O2/c28-15-20-13-19(3-6-25(20)35-22-7-8-29-16-22)26-23-14-24(32-27(23)31-17-30-26)18-1-4-21(5-2-18)33-9-11-34-12-10-33/h1-6,13-14,17,22,29H,7-12,16H2,(H,30,31,32). The summed E-state index contributed by atoms with van der Waals surface area (Å²) in [5.41, 5.74) is 6.18. The van der Waals surface area contributed by atoms with E-state index in [1.54, 1.807) is 6.33 Å². The molecule has 2 saturated heterocycles. The Labute approximate surface area is 203 Å². The van der Waals surface area contributed by atoms with Crippen LogP contribution in [0.25, 0.3) is 33.5 Å². The monoisotopic (exact) mass is 466 g/mol. The van der Waals surface area contributed by atoms with E-state index in [4.69, 9.17) is 9.47 Å². The van der Waals surface area contributed by atoms with Gasteiger partial charge in [-0.15, -0.1) is 0 Å². The van der Waals surface area contributed by atoms with E-state index in [1.165, 1.54) is 5.69 Å². The fourth-order valence-corrected chi connectivity index (χ4v) is 4.77. The van der Waals surface area contributed by atoms with E-state index in [0.717, 1.165) is 79.4 Å². The molecule has 2 aliphatic rings. The molecule has 4 heterocycles. The van der Waals surface area contributed by atoms with Crippen LogP contribution in [0, 0.1) is 11.3 Å². The molecule has 35 heavy (non-hydrogen) atoms. The van der Waals surface area contributed by atoms with E-state index in [0.29, 0.717) is 11.3 Å². The van der Waals surface area contributed by atoms with E-state index >= 15 is 0 Å². The summed E-state index contributed by atoms with van der Waals surface area (Å²) >= 11 is 0. The number of nitrogens with one attached hydrogen (secondary N) is 2. The van der Waals surface area contributed by atoms with Crippen LogP contribution in [0.5, 0.6) is 5.75 Å². The van der Waals surface area contributed by atoms with Crippen LogP contribution in [0.15, 0.2) is 54.9 Å². The summed E-state index contributed by atoms with van der Waals surface area (Å²) in [6.07, 6.45) is 2.60. The molecular weight excluding hydrogens is 440 g/mol. The first-order chi connectivity index (χ1) is 17.3. The summed E-state index contributed by atoms with van der Waals surface area (Å²) in [6.45, 7) is 5.11. The second kappa shape index (κ2) is 9.37. The average Bonchev–Trinajstić information content (AvgIpc) is 3.59. The molecule has 2 N–H and O–H groups in total. The van der Waals surface area contributed by atoms with Gasteiger partial charge in [0.2, 0.25) is 0 Å². The van der Waals surface area contributed by atoms with Crippen LogP contribution >= 0.6 is 0 Å². The molecule has 6 rings (SSSR count). The van der Waals surface area contributed by atoms with Crippen LogP contribution in [0.4, 0.5) is 5.69 Å². The predicted molar refractivity (Wildman–Crippen MR) is 134 cm³/mol. The normalized spacial score (nSPS) is 18.0. The lowest BCUT2D eigenvalue weighted by Crippen LogP contribution is -2.36. The highest BCUT2D eigenvalue weighted by atomic mass is 16.5. The molecule has 0 aliphatic carbocycles. The smallest absolute Gasteiger partial charge is 0.141 e. The summed E-state index contributed by atoms with van der Waals surface area (Å²) in [7, 11) is 0. The van der Waals surface area contributed by atoms with Gasteiger partial charge in [-0.05, 0) is 54.9 Å². The number of fused-ring (bicyclic) bond motifs is 1. The molecule has 0 bridgehead atoms. The molecule has 0 radical (unpaired) electrons. The zero-order valence-corrected chi connectivity index (χ0v) is 19.3. The number of hydrogen-bond donors (Lipinski definition) is 2. The van der Waals surface area contributed by atoms with E-state index in [1.807, 2.05) is 18.2 Å². The summed E-state index contributed by atoms with van der Waals surface area (Å²) in [6, 6.07) is 18.6. The van der Waals surface area contributed by atoms with E-state index < -0.39 is 0 Å². The zero-order chi connectivity index (χ0) is 23.6. The highest BCUT2D eigenvalue weighted by molar-refractivity contribution is 5.94. The largest absolute Gasteiger partial charge is 0.488 e. The number of H-pyrrole nitrogens is 1. The average molecular weight is 467 g/mol. The topological polar surface area (TPSA) is 99.1 Å². The van der Waals surface area contributed by atoms with Gasteiger partial charge >= 0.3 is 0 Å². The van der Waals surface area contributed by atoms with Crippen molar-refractivity contribution in [1.29, 1.82) is 5.26 Å². The van der Waals surface area contributed by atoms with Gasteiger partial charge in [0.15, 0.2) is 0 Å². The SMILES string of the molecule is N#Cc1cc(-c2ncnc3[nH]c(-c4ccc(N5CCOCC5)cc4)cc23)ccc1OC1CCNC1. The van der Waals surface area contributed by atoms with Crippen molar-refractivity contribution in [2.45, 2.75) is 12.5 Å². The minimum absolute atomic E-state index is 0.0978. The van der Waals surface area contributed by atoms with Crippen molar-refractivity contribution >= 4 is 16.7 Å². The van der Waals surface area contributed by atoms with Crippen LogP contribution in [0.3, 0.4) is 0 Å². The number of morpholine rings is 1. The number of benzene rings is 2. The Morgan fingerprint density at radius 3 is 2.63 bits per heavy atom. The molecule has 2 aliphatic heterocycles. The molecule has 2 aromatic heterocycles. The van der Waals surface area contributed by atoms with Gasteiger partial charge in [0.1, 0.15) is 29.9 Å². The Bertz CT molecular complexity index is 1380. The molecule has 8 nitrogen and oxygen atoms in total. The number of nitriles is 1. The van der Waals surface area contributed by atoms with E-state index in [2.05, 4.69) is 61.6 Å². The summed E-state index contributed by atoms with van der Waals surface area (Å²) in [5.74, 6) is 0.616. The molecule has 0 amide bonds. The first kappa shape index (κ1) is 21.6. The van der Waals surface area contributed by atoms with Crippen LogP contribution in [-0.2, 0) is 4.74 Å². The number of anilines is 1. The van der Waals surface area contributed by atoms with Crippen molar-refractivity contribution in [3.05, 3.63) is 60.4 Å². The number of rotatable bonds is 5. The Kier molecular flexibility index (Phi) is 5.78. The fourth-order valence-electron chi connectivity index (χ4n) is 4.77. The Hall–Kier alpha value is -3.93. The van der Waals surface area contributed by atoms with Crippen molar-refractivity contribution in [1.82, 2.24) is 20.3 Å². The third-order valence-corrected chi connectivity index (χ3v) is 6.66. The number of hydrogen-bond acceptors (Lipinski definition) is 7. The first-order valence-electron chi connectivity index (χ1n) is 12.0. The molecule has 2 fully saturated rings. The van der Waals surface area contributed by atoms with Crippen molar-refractivity contribution in [2.24, 2.45) is 0 Å². The maximum Gasteiger partial charge on any atom is 0.141 e. The minimum Gasteiger partial charge on any atom is -0.488 e. The molecule has 1 atom stereocenters. The third kappa shape index (κ3) is 4.32. The Morgan fingerprint density at radius 2 is 1.86 bits per heavy atom. The number of aromatic amines is 1. The summed E-state index contributed by atoms with van der Waals surface area (Å²) in [5, 5.41) is 14.0. The molecule has 176 valence electrons. The van der Waals surface area contributed by atoms with Gasteiger partial charge in [-0.2, -0.15) is 5.26 Å². The predicted octanol–water partition coefficient (Wildman–Crippen LogP) is 3.74. The van der Waals surface area contributed by atoms with Crippen LogP contribution in [0.2, 0.25) is 0 Å². The van der Waals surface area contributed by atoms with Gasteiger partial charge in [0.25, 0.3) is 0 Å². The van der Waals surface area contributed by atoms with Crippen LogP contribution in [0.1, 0.15) is 12.0 Å². The van der Waals surface area contributed by atoms with Crippen molar-refractivity contribution in [3.8, 4) is 34.3 Å². The molecule has 0 spiro atoms. The maximum atomic E-state index is 9.75. The molecule has 1 unspecified atom stereocenters. The Morgan fingerprint density at radius 1 is 1.03 bits per heavy atom. The number of nitrogens with zero attached hydrogens (tertiary/aromatic N) is 4. The highest BCUT2D eigenvalue weighted by Crippen LogP contribution is 2.33. The summed E-state index contributed by atoms with van der Waals surface area (Å²) < 4.78 is 11.5. The number of ether oxygens (including phenoxy) is 2. The second-order valence-electron chi connectivity index (χ2n) is 8.87. The lowest BCUT2D eigenvalue weighted by Gasteiger charge is -2.28. The third-order valence-electron chi connectivity index (χ3n) is 6.66. The van der Waals surface area contributed by atoms with E-state index in [9.17, 15) is 5.26 Å². The van der Waals surface area contributed by atoms with Gasteiger partial charge in [0.05, 0.1) is 24.5 Å². The molecule has 4 aromatic rings. The second-order valence-corrected chi connectivity index (χ2v) is 8.87. The number of aromatic nitrogens is 3. The quantitative estimate of drug-likeness (QED) is 0.462. The molecule has 2 aromatic carbocycles. The lowest BCUT2D eigenvalue weighted by atomic mass is 10.0. The van der Waals surface area contributed by atoms with Crippen molar-refractivity contribution in [2.75, 3.05) is 44.3 Å².